The van der Waals surface area contributed by atoms with Crippen LogP contribution in [0.15, 0.2) is 35.9 Å². The van der Waals surface area contributed by atoms with E-state index in [2.05, 4.69) is 27.9 Å². The number of hydrogen-bond acceptors (Lipinski definition) is 5. The summed E-state index contributed by atoms with van der Waals surface area (Å²) in [5, 5.41) is 23.1. The maximum atomic E-state index is 13.3. The molecule has 32 heavy (non-hydrogen) atoms. The zero-order chi connectivity index (χ0) is 22.7. The van der Waals surface area contributed by atoms with Gasteiger partial charge in [-0.3, -0.25) is 9.59 Å². The van der Waals surface area contributed by atoms with Crippen molar-refractivity contribution in [1.82, 2.24) is 10.2 Å². The van der Waals surface area contributed by atoms with Gasteiger partial charge in [0.05, 0.1) is 16.2 Å². The summed E-state index contributed by atoms with van der Waals surface area (Å²) in [5.74, 6) is 0.918. The first-order valence-corrected chi connectivity index (χ1v) is 12.5. The summed E-state index contributed by atoms with van der Waals surface area (Å²) in [6, 6.07) is 7.00. The molecule has 3 atom stereocenters. The lowest BCUT2D eigenvalue weighted by molar-refractivity contribution is -0.145. The van der Waals surface area contributed by atoms with Crippen LogP contribution < -0.4 is 10.1 Å². The fourth-order valence-corrected chi connectivity index (χ4v) is 4.84. The minimum atomic E-state index is -0.942. The Balaban J connectivity index is 1.61. The van der Waals surface area contributed by atoms with E-state index in [0.717, 1.165) is 35.7 Å². The zero-order valence-corrected chi connectivity index (χ0v) is 20.2. The van der Waals surface area contributed by atoms with Crippen LogP contribution in [0.25, 0.3) is 0 Å². The molecule has 7 nitrogen and oxygen atoms in total. The number of nitrogens with zero attached hydrogens (tertiary/aromatic N) is 1. The Labute approximate surface area is 202 Å². The molecule has 0 radical (unpaired) electrons. The largest absolute Gasteiger partial charge is 0.482 e. The Morgan fingerprint density at radius 3 is 2.56 bits per heavy atom. The second-order valence-corrected chi connectivity index (χ2v) is 10.2. The number of aliphatic hydroxyl groups excluding tert-OH is 2. The van der Waals surface area contributed by atoms with E-state index in [4.69, 9.17) is 9.84 Å². The number of para-hydroxylation sites is 1. The molecular formula is C24H31IN2O5. The number of benzene rings is 1. The van der Waals surface area contributed by atoms with E-state index in [9.17, 15) is 14.7 Å². The number of carbonyl (C=O) groups is 2. The van der Waals surface area contributed by atoms with Gasteiger partial charge >= 0.3 is 0 Å². The molecule has 1 aromatic carbocycles. The van der Waals surface area contributed by atoms with E-state index in [-0.39, 0.29) is 37.3 Å². The number of rotatable bonds is 9. The fourth-order valence-electron chi connectivity index (χ4n) is 4.32. The van der Waals surface area contributed by atoms with E-state index in [1.54, 1.807) is 6.08 Å². The van der Waals surface area contributed by atoms with E-state index in [1.807, 2.05) is 29.2 Å². The Kier molecular flexibility index (Phi) is 7.73. The number of nitrogens with one attached hydrogen (secondary N) is 1. The summed E-state index contributed by atoms with van der Waals surface area (Å²) in [7, 11) is 0. The predicted octanol–water partition coefficient (Wildman–Crippen LogP) is 2.25. The zero-order valence-electron chi connectivity index (χ0n) is 18.1. The van der Waals surface area contributed by atoms with Gasteiger partial charge in [-0.1, -0.05) is 18.6 Å². The van der Waals surface area contributed by atoms with Gasteiger partial charge in [0, 0.05) is 31.0 Å². The first-order valence-electron chi connectivity index (χ1n) is 11.5. The average Bonchev–Trinajstić information content (AvgIpc) is 3.56. The maximum absolute atomic E-state index is 13.3. The SMILES string of the molecule is O=C(NCCO)C1=C[C@H](Oc2ccccc2I)[C@@H](O)[C@H](N(CC2CC2)C(=O)C2CCC2)C1. The Morgan fingerprint density at radius 1 is 1.19 bits per heavy atom. The molecule has 0 bridgehead atoms. The number of ether oxygens (including phenoxy) is 1. The number of carbonyl (C=O) groups excluding carboxylic acids is 2. The molecular weight excluding hydrogens is 523 g/mol. The van der Waals surface area contributed by atoms with Gasteiger partial charge in [0.1, 0.15) is 18.0 Å². The highest BCUT2D eigenvalue weighted by atomic mass is 127. The third-order valence-corrected chi connectivity index (χ3v) is 7.49. The number of amides is 2. The maximum Gasteiger partial charge on any atom is 0.247 e. The average molecular weight is 554 g/mol. The lowest BCUT2D eigenvalue weighted by Crippen LogP contribution is -2.57. The number of aliphatic hydroxyl groups is 2. The van der Waals surface area contributed by atoms with Gasteiger partial charge in [-0.25, -0.2) is 0 Å². The van der Waals surface area contributed by atoms with Crippen molar-refractivity contribution in [2.75, 3.05) is 19.7 Å². The molecule has 1 aromatic rings. The normalized spacial score (nSPS) is 25.5. The second-order valence-electron chi connectivity index (χ2n) is 9.01. The molecule has 0 aromatic heterocycles. The molecule has 174 valence electrons. The van der Waals surface area contributed by atoms with Crippen molar-refractivity contribution >= 4 is 34.4 Å². The molecule has 0 unspecified atom stereocenters. The van der Waals surface area contributed by atoms with E-state index < -0.39 is 18.2 Å². The monoisotopic (exact) mass is 554 g/mol. The van der Waals surface area contributed by atoms with Crippen molar-refractivity contribution < 1.29 is 24.5 Å². The third kappa shape index (κ3) is 5.46. The molecule has 2 saturated carbocycles. The van der Waals surface area contributed by atoms with Crippen molar-refractivity contribution in [1.29, 1.82) is 0 Å². The van der Waals surface area contributed by atoms with Crippen molar-refractivity contribution in [2.24, 2.45) is 11.8 Å². The van der Waals surface area contributed by atoms with Crippen LogP contribution in [0, 0.1) is 15.4 Å². The van der Waals surface area contributed by atoms with E-state index in [0.29, 0.717) is 23.8 Å². The van der Waals surface area contributed by atoms with Gasteiger partial charge in [0.25, 0.3) is 0 Å². The molecule has 3 aliphatic carbocycles. The smallest absolute Gasteiger partial charge is 0.247 e. The van der Waals surface area contributed by atoms with Crippen LogP contribution in [0.2, 0.25) is 0 Å². The summed E-state index contributed by atoms with van der Waals surface area (Å²) in [5.41, 5.74) is 0.479. The topological polar surface area (TPSA) is 99.1 Å². The molecule has 2 fully saturated rings. The minimum absolute atomic E-state index is 0.0213. The molecule has 0 aliphatic heterocycles. The molecule has 3 N–H and O–H groups in total. The number of halogens is 1. The first-order chi connectivity index (χ1) is 15.5. The van der Waals surface area contributed by atoms with Crippen LogP contribution in [-0.2, 0) is 9.59 Å². The Morgan fingerprint density at radius 2 is 1.94 bits per heavy atom. The summed E-state index contributed by atoms with van der Waals surface area (Å²) in [6.45, 7) is 0.623. The highest BCUT2D eigenvalue weighted by Gasteiger charge is 2.44. The highest BCUT2D eigenvalue weighted by Crippen LogP contribution is 2.37. The summed E-state index contributed by atoms with van der Waals surface area (Å²) < 4.78 is 7.07. The first kappa shape index (κ1) is 23.5. The van der Waals surface area contributed by atoms with Crippen LogP contribution in [0.5, 0.6) is 5.75 Å². The molecule has 0 heterocycles. The van der Waals surface area contributed by atoms with Gasteiger partial charge in [-0.15, -0.1) is 0 Å². The van der Waals surface area contributed by atoms with Gasteiger partial charge in [0.15, 0.2) is 0 Å². The predicted molar refractivity (Wildman–Crippen MR) is 128 cm³/mol. The van der Waals surface area contributed by atoms with Crippen LogP contribution >= 0.6 is 22.6 Å². The molecule has 2 amide bonds. The lowest BCUT2D eigenvalue weighted by Gasteiger charge is -2.43. The second kappa shape index (κ2) is 10.5. The lowest BCUT2D eigenvalue weighted by atomic mass is 9.82. The number of hydrogen-bond donors (Lipinski definition) is 3. The fraction of sp³-hybridized carbons (Fsp3) is 0.583. The standard InChI is InChI=1S/C24H31IN2O5/c25-18-6-1-2-7-20(18)32-21-13-17(23(30)26-10-11-28)12-19(22(21)29)27(14-15-8-9-15)24(31)16-4-3-5-16/h1-2,6-7,13,15-16,19,21-22,28-29H,3-5,8-12,14H2,(H,26,30)/t19-,21+,22+/m1/s1. The van der Waals surface area contributed by atoms with Crippen molar-refractivity contribution in [3.8, 4) is 5.75 Å². The highest BCUT2D eigenvalue weighted by molar-refractivity contribution is 14.1. The van der Waals surface area contributed by atoms with Crippen molar-refractivity contribution in [2.45, 2.75) is 56.8 Å². The molecule has 3 aliphatic rings. The van der Waals surface area contributed by atoms with Crippen LogP contribution in [-0.4, -0.2) is 64.9 Å². The molecule has 0 spiro atoms. The molecule has 0 saturated heterocycles. The van der Waals surface area contributed by atoms with Crippen molar-refractivity contribution in [3.05, 3.63) is 39.5 Å². The van der Waals surface area contributed by atoms with Gasteiger partial charge in [-0.05, 0) is 72.4 Å². The van der Waals surface area contributed by atoms with Gasteiger partial charge < -0.3 is 25.2 Å². The Bertz CT molecular complexity index is 868. The van der Waals surface area contributed by atoms with Crippen LogP contribution in [0.1, 0.15) is 38.5 Å². The van der Waals surface area contributed by atoms with Gasteiger partial charge in [0.2, 0.25) is 11.8 Å². The Hall–Kier alpha value is -1.65. The van der Waals surface area contributed by atoms with Crippen LogP contribution in [0.3, 0.4) is 0 Å². The summed E-state index contributed by atoms with van der Waals surface area (Å²) >= 11 is 2.18. The molecule has 4 rings (SSSR count). The minimum Gasteiger partial charge on any atom is -0.482 e. The van der Waals surface area contributed by atoms with Crippen molar-refractivity contribution in [3.63, 3.8) is 0 Å². The third-order valence-electron chi connectivity index (χ3n) is 6.60. The van der Waals surface area contributed by atoms with Crippen LogP contribution in [0.4, 0.5) is 0 Å². The summed E-state index contributed by atoms with van der Waals surface area (Å²) in [6.07, 6.45) is 5.29. The summed E-state index contributed by atoms with van der Waals surface area (Å²) in [4.78, 5) is 27.9. The molecule has 8 heteroatoms. The van der Waals surface area contributed by atoms with E-state index in [1.165, 1.54) is 0 Å². The van der Waals surface area contributed by atoms with E-state index >= 15 is 0 Å². The quantitative estimate of drug-likeness (QED) is 0.407. The van der Waals surface area contributed by atoms with Gasteiger partial charge in [-0.2, -0.15) is 0 Å².